The Balaban J connectivity index is 3.63. The van der Waals surface area contributed by atoms with Crippen LogP contribution < -0.4 is 21.9 Å². The zero-order valence-electron chi connectivity index (χ0n) is 11.8. The van der Waals surface area contributed by atoms with E-state index in [1.165, 1.54) is 0 Å². The summed E-state index contributed by atoms with van der Waals surface area (Å²) in [6.07, 6.45) is 1.80. The molecule has 0 bridgehead atoms. The van der Waals surface area contributed by atoms with Gasteiger partial charge in [0.15, 0.2) is 0 Å². The van der Waals surface area contributed by atoms with Gasteiger partial charge in [0, 0.05) is 58.7 Å². The molecule has 0 saturated carbocycles. The van der Waals surface area contributed by atoms with E-state index in [4.69, 9.17) is 5.73 Å². The number of hydrogen-bond donors (Lipinski definition) is 4. The topological polar surface area (TPSA) is 99.5 Å². The van der Waals surface area contributed by atoms with Gasteiger partial charge >= 0.3 is 0 Å². The molecule has 7 nitrogen and oxygen atoms in total. The van der Waals surface area contributed by atoms with E-state index in [0.717, 1.165) is 12.8 Å². The van der Waals surface area contributed by atoms with Gasteiger partial charge in [0.05, 0.1) is 0 Å². The number of hydrogen-bond acceptors (Lipinski definition) is 6. The van der Waals surface area contributed by atoms with Crippen LogP contribution in [-0.2, 0) is 9.59 Å². The average Bonchev–Trinajstić information content (AvgIpc) is 2.41. The summed E-state index contributed by atoms with van der Waals surface area (Å²) < 4.78 is 0. The molecule has 0 aromatic carbocycles. The van der Waals surface area contributed by atoms with Crippen molar-refractivity contribution in [2.45, 2.75) is 19.8 Å². The van der Waals surface area contributed by atoms with Crippen molar-refractivity contribution in [3.05, 3.63) is 0 Å². The van der Waals surface area contributed by atoms with Crippen molar-refractivity contribution in [2.24, 2.45) is 5.73 Å². The Morgan fingerprint density at radius 1 is 1.21 bits per heavy atom. The van der Waals surface area contributed by atoms with Gasteiger partial charge in [0.2, 0.25) is 5.91 Å². The maximum Gasteiger partial charge on any atom is 0.221 e. The number of amides is 1. The Hall–Kier alpha value is -1.02. The molecule has 0 unspecified atom stereocenters. The summed E-state index contributed by atoms with van der Waals surface area (Å²) in [6.45, 7) is 6.67. The summed E-state index contributed by atoms with van der Waals surface area (Å²) in [5, 5.41) is 2.83. The molecule has 7 heteroatoms. The number of nitrogens with one attached hydrogen (secondary N) is 3. The zero-order chi connectivity index (χ0) is 14.3. The first-order valence-electron chi connectivity index (χ1n) is 6.83. The van der Waals surface area contributed by atoms with Crippen LogP contribution in [0.25, 0.3) is 0 Å². The molecule has 1 amide bonds. The number of rotatable bonds is 13. The Morgan fingerprint density at radius 2 is 2.00 bits per heavy atom. The molecule has 19 heavy (non-hydrogen) atoms. The summed E-state index contributed by atoms with van der Waals surface area (Å²) in [7, 11) is 0. The molecule has 0 heterocycles. The molecule has 0 rings (SSSR count). The van der Waals surface area contributed by atoms with Gasteiger partial charge in [-0.3, -0.25) is 15.6 Å². The lowest BCUT2D eigenvalue weighted by molar-refractivity contribution is -0.121. The van der Waals surface area contributed by atoms with Crippen molar-refractivity contribution in [3.63, 3.8) is 0 Å². The molecule has 0 fully saturated rings. The first-order valence-corrected chi connectivity index (χ1v) is 6.83. The van der Waals surface area contributed by atoms with Crippen molar-refractivity contribution < 1.29 is 9.59 Å². The summed E-state index contributed by atoms with van der Waals surface area (Å²) in [5.74, 6) is 0.0198. The third-order valence-corrected chi connectivity index (χ3v) is 2.54. The minimum absolute atomic E-state index is 0.0198. The fourth-order valence-electron chi connectivity index (χ4n) is 1.58. The van der Waals surface area contributed by atoms with E-state index in [0.29, 0.717) is 52.1 Å². The van der Waals surface area contributed by atoms with Gasteiger partial charge in [-0.2, -0.15) is 0 Å². The fourth-order valence-corrected chi connectivity index (χ4v) is 1.58. The van der Waals surface area contributed by atoms with Crippen LogP contribution in [-0.4, -0.2) is 62.9 Å². The highest BCUT2D eigenvalue weighted by Gasteiger charge is 2.07. The van der Waals surface area contributed by atoms with E-state index < -0.39 is 0 Å². The maximum absolute atomic E-state index is 11.6. The second kappa shape index (κ2) is 13.4. The Morgan fingerprint density at radius 3 is 2.63 bits per heavy atom. The highest BCUT2D eigenvalue weighted by atomic mass is 16.1. The third-order valence-electron chi connectivity index (χ3n) is 2.54. The molecule has 112 valence electrons. The summed E-state index contributed by atoms with van der Waals surface area (Å²) >= 11 is 0. The maximum atomic E-state index is 11.6. The van der Waals surface area contributed by atoms with Crippen LogP contribution in [0, 0.1) is 0 Å². The van der Waals surface area contributed by atoms with Crippen molar-refractivity contribution >= 4 is 12.2 Å². The standard InChI is InChI=1S/C12H27N5O2/c1-2-15-16-7-6-14-12(19)4-9-17(10-5-13)8-3-11-18/h11,15-16H,2-10,13H2,1H3,(H,14,19). The van der Waals surface area contributed by atoms with E-state index in [-0.39, 0.29) is 5.91 Å². The van der Waals surface area contributed by atoms with Crippen molar-refractivity contribution in [1.82, 2.24) is 21.1 Å². The van der Waals surface area contributed by atoms with Crippen LogP contribution in [0.1, 0.15) is 19.8 Å². The monoisotopic (exact) mass is 273 g/mol. The van der Waals surface area contributed by atoms with E-state index in [1.54, 1.807) is 0 Å². The number of nitrogens with two attached hydrogens (primary N) is 1. The zero-order valence-corrected chi connectivity index (χ0v) is 11.8. The van der Waals surface area contributed by atoms with Gasteiger partial charge < -0.3 is 20.7 Å². The normalized spacial score (nSPS) is 10.7. The lowest BCUT2D eigenvalue weighted by Crippen LogP contribution is -2.40. The van der Waals surface area contributed by atoms with Crippen LogP contribution in [0.3, 0.4) is 0 Å². The van der Waals surface area contributed by atoms with Crippen LogP contribution >= 0.6 is 0 Å². The molecular weight excluding hydrogens is 246 g/mol. The summed E-state index contributed by atoms with van der Waals surface area (Å²) in [5.41, 5.74) is 11.4. The number of nitrogens with zero attached hydrogens (tertiary/aromatic N) is 1. The van der Waals surface area contributed by atoms with Gasteiger partial charge in [-0.05, 0) is 0 Å². The smallest absolute Gasteiger partial charge is 0.221 e. The third kappa shape index (κ3) is 11.8. The van der Waals surface area contributed by atoms with Crippen LogP contribution in [0.4, 0.5) is 0 Å². The number of aldehydes is 1. The number of carbonyl (C=O) groups is 2. The number of carbonyl (C=O) groups excluding carboxylic acids is 2. The Labute approximate surface area is 115 Å². The highest BCUT2D eigenvalue weighted by Crippen LogP contribution is 1.92. The molecule has 0 spiro atoms. The van der Waals surface area contributed by atoms with Gasteiger partial charge in [-0.15, -0.1) is 0 Å². The second-order valence-electron chi connectivity index (χ2n) is 4.14. The Kier molecular flexibility index (Phi) is 12.7. The SMILES string of the molecule is CCNNCCNC(=O)CCN(CCN)CCC=O. The lowest BCUT2D eigenvalue weighted by Gasteiger charge is -2.20. The van der Waals surface area contributed by atoms with Crippen LogP contribution in [0.2, 0.25) is 0 Å². The molecule has 0 aliphatic carbocycles. The van der Waals surface area contributed by atoms with Crippen molar-refractivity contribution in [2.75, 3.05) is 45.8 Å². The van der Waals surface area contributed by atoms with Gasteiger partial charge in [-0.1, -0.05) is 6.92 Å². The highest BCUT2D eigenvalue weighted by molar-refractivity contribution is 5.76. The van der Waals surface area contributed by atoms with Crippen molar-refractivity contribution in [3.8, 4) is 0 Å². The molecule has 0 aromatic rings. The Bertz CT molecular complexity index is 238. The molecule has 5 N–H and O–H groups in total. The second-order valence-corrected chi connectivity index (χ2v) is 4.14. The van der Waals surface area contributed by atoms with E-state index >= 15 is 0 Å². The van der Waals surface area contributed by atoms with E-state index in [1.807, 2.05) is 11.8 Å². The lowest BCUT2D eigenvalue weighted by atomic mass is 10.3. The largest absolute Gasteiger partial charge is 0.355 e. The molecule has 0 aliphatic heterocycles. The molecule has 0 aromatic heterocycles. The molecule has 0 aliphatic rings. The number of hydrazine groups is 1. The predicted molar refractivity (Wildman–Crippen MR) is 75.5 cm³/mol. The van der Waals surface area contributed by atoms with E-state index in [2.05, 4.69) is 16.2 Å². The summed E-state index contributed by atoms with van der Waals surface area (Å²) in [6, 6.07) is 0. The van der Waals surface area contributed by atoms with Crippen LogP contribution in [0.15, 0.2) is 0 Å². The molecule has 0 atom stereocenters. The quantitative estimate of drug-likeness (QED) is 0.184. The van der Waals surface area contributed by atoms with Crippen molar-refractivity contribution in [1.29, 1.82) is 0 Å². The predicted octanol–water partition coefficient (Wildman–Crippen LogP) is -1.54. The molecule has 0 saturated heterocycles. The average molecular weight is 273 g/mol. The van der Waals surface area contributed by atoms with Gasteiger partial charge in [0.25, 0.3) is 0 Å². The minimum Gasteiger partial charge on any atom is -0.355 e. The first kappa shape index (κ1) is 18.0. The summed E-state index contributed by atoms with van der Waals surface area (Å²) in [4.78, 5) is 23.9. The fraction of sp³-hybridized carbons (Fsp3) is 0.833. The molecule has 0 radical (unpaired) electrons. The van der Waals surface area contributed by atoms with Gasteiger partial charge in [0.1, 0.15) is 6.29 Å². The first-order chi connectivity index (χ1) is 9.24. The van der Waals surface area contributed by atoms with Crippen LogP contribution in [0.5, 0.6) is 0 Å². The minimum atomic E-state index is 0.0198. The van der Waals surface area contributed by atoms with E-state index in [9.17, 15) is 9.59 Å². The van der Waals surface area contributed by atoms with Gasteiger partial charge in [-0.25, -0.2) is 0 Å². The molecular formula is C12H27N5O2.